The van der Waals surface area contributed by atoms with Gasteiger partial charge in [-0.15, -0.1) is 0 Å². The van der Waals surface area contributed by atoms with Crippen molar-refractivity contribution in [2.45, 2.75) is 25.7 Å². The Bertz CT molecular complexity index is 817. The number of nitrogens with zero attached hydrogens (tertiary/aromatic N) is 1. The van der Waals surface area contributed by atoms with Crippen molar-refractivity contribution in [2.24, 2.45) is 0 Å². The van der Waals surface area contributed by atoms with E-state index in [0.717, 1.165) is 23.0 Å². The molecule has 3 rings (SSSR count). The fourth-order valence-electron chi connectivity index (χ4n) is 2.50. The highest BCUT2D eigenvalue weighted by molar-refractivity contribution is 9.10. The second kappa shape index (κ2) is 7.88. The number of halogens is 1. The Kier molecular flexibility index (Phi) is 5.60. The predicted octanol–water partition coefficient (Wildman–Crippen LogP) is 3.18. The number of benzene rings is 1. The molecule has 0 fully saturated rings. The van der Waals surface area contributed by atoms with E-state index in [1.54, 1.807) is 24.3 Å². The number of carbonyl (C=O) groups excluding carboxylic acids is 3. The number of thiazole rings is 1. The Morgan fingerprint density at radius 3 is 2.68 bits per heavy atom. The summed E-state index contributed by atoms with van der Waals surface area (Å²) >= 11 is 4.54. The maximum absolute atomic E-state index is 12.0. The standard InChI is InChI=1S/C17H16BrN3O3S/c18-11-6-4-10(5-7-11)16(24)19-9-8-14(23)21-17-20-12-2-1-3-13(22)15(12)25-17/h4-7H,1-3,8-9H2,(H,19,24)(H,20,21,23). The van der Waals surface area contributed by atoms with Gasteiger partial charge in [0, 0.05) is 29.4 Å². The first-order valence-corrected chi connectivity index (χ1v) is 9.50. The quantitative estimate of drug-likeness (QED) is 0.775. The number of ketones is 1. The molecular weight excluding hydrogens is 406 g/mol. The summed E-state index contributed by atoms with van der Waals surface area (Å²) in [5.41, 5.74) is 1.31. The number of hydrogen-bond donors (Lipinski definition) is 2. The average Bonchev–Trinajstić information content (AvgIpc) is 2.99. The van der Waals surface area contributed by atoms with Gasteiger partial charge >= 0.3 is 0 Å². The molecule has 130 valence electrons. The SMILES string of the molecule is O=C(CCNC(=O)c1ccc(Br)cc1)Nc1nc2c(s1)C(=O)CCC2. The molecule has 1 aromatic carbocycles. The van der Waals surface area contributed by atoms with Crippen molar-refractivity contribution in [1.82, 2.24) is 10.3 Å². The molecule has 2 aromatic rings. The van der Waals surface area contributed by atoms with Crippen LogP contribution in [0.3, 0.4) is 0 Å². The maximum Gasteiger partial charge on any atom is 0.251 e. The number of aromatic nitrogens is 1. The van der Waals surface area contributed by atoms with E-state index in [1.807, 2.05) is 0 Å². The van der Waals surface area contributed by atoms with Gasteiger partial charge in [0.1, 0.15) is 0 Å². The molecule has 0 atom stereocenters. The van der Waals surface area contributed by atoms with Crippen LogP contribution in [0.25, 0.3) is 0 Å². The third-order valence-corrected chi connectivity index (χ3v) is 5.34. The lowest BCUT2D eigenvalue weighted by atomic mass is 10.0. The van der Waals surface area contributed by atoms with Crippen molar-refractivity contribution in [3.8, 4) is 0 Å². The van der Waals surface area contributed by atoms with E-state index in [-0.39, 0.29) is 30.6 Å². The van der Waals surface area contributed by atoms with Gasteiger partial charge < -0.3 is 10.6 Å². The number of carbonyl (C=O) groups is 3. The highest BCUT2D eigenvalue weighted by atomic mass is 79.9. The molecule has 1 aliphatic rings. The number of Topliss-reactive ketones (excluding diaryl/α,β-unsaturated/α-hetero) is 1. The Morgan fingerprint density at radius 1 is 1.20 bits per heavy atom. The van der Waals surface area contributed by atoms with Crippen molar-refractivity contribution in [3.05, 3.63) is 44.9 Å². The lowest BCUT2D eigenvalue weighted by molar-refractivity contribution is -0.116. The molecule has 0 saturated heterocycles. The Labute approximate surface area is 157 Å². The van der Waals surface area contributed by atoms with Crippen LogP contribution in [0.5, 0.6) is 0 Å². The second-order valence-electron chi connectivity index (χ2n) is 5.63. The minimum absolute atomic E-state index is 0.0982. The summed E-state index contributed by atoms with van der Waals surface area (Å²) in [7, 11) is 0. The molecule has 2 N–H and O–H groups in total. The van der Waals surface area contributed by atoms with Crippen LogP contribution in [-0.4, -0.2) is 29.1 Å². The largest absolute Gasteiger partial charge is 0.352 e. The van der Waals surface area contributed by atoms with Gasteiger partial charge in [0.25, 0.3) is 5.91 Å². The zero-order chi connectivity index (χ0) is 17.8. The van der Waals surface area contributed by atoms with Gasteiger partial charge in [0.05, 0.1) is 10.6 Å². The van der Waals surface area contributed by atoms with E-state index < -0.39 is 0 Å². The molecule has 0 aliphatic heterocycles. The van der Waals surface area contributed by atoms with E-state index in [1.165, 1.54) is 11.3 Å². The summed E-state index contributed by atoms with van der Waals surface area (Å²) < 4.78 is 0.896. The van der Waals surface area contributed by atoms with Crippen molar-refractivity contribution in [1.29, 1.82) is 0 Å². The summed E-state index contributed by atoms with van der Waals surface area (Å²) in [6.45, 7) is 0.227. The van der Waals surface area contributed by atoms with E-state index in [0.29, 0.717) is 22.0 Å². The lowest BCUT2D eigenvalue weighted by Gasteiger charge is -2.06. The molecule has 0 spiro atoms. The molecule has 0 radical (unpaired) electrons. The van der Waals surface area contributed by atoms with Crippen LogP contribution in [-0.2, 0) is 11.2 Å². The summed E-state index contributed by atoms with van der Waals surface area (Å²) in [4.78, 5) is 40.7. The van der Waals surface area contributed by atoms with Gasteiger partial charge in [0.2, 0.25) is 5.91 Å². The highest BCUT2D eigenvalue weighted by Gasteiger charge is 2.22. The van der Waals surface area contributed by atoms with E-state index in [9.17, 15) is 14.4 Å². The molecule has 8 heteroatoms. The fourth-order valence-corrected chi connectivity index (χ4v) is 3.76. The van der Waals surface area contributed by atoms with Crippen LogP contribution in [0.1, 0.15) is 45.0 Å². The highest BCUT2D eigenvalue weighted by Crippen LogP contribution is 2.29. The van der Waals surface area contributed by atoms with Gasteiger partial charge in [-0.05, 0) is 37.1 Å². The topological polar surface area (TPSA) is 88.2 Å². The second-order valence-corrected chi connectivity index (χ2v) is 7.55. The molecule has 0 unspecified atom stereocenters. The molecule has 2 amide bonds. The molecule has 0 saturated carbocycles. The summed E-state index contributed by atoms with van der Waals surface area (Å²) in [5, 5.41) is 5.85. The summed E-state index contributed by atoms with van der Waals surface area (Å²) in [5.74, 6) is -0.369. The fraction of sp³-hybridized carbons (Fsp3) is 0.294. The number of aryl methyl sites for hydroxylation is 1. The van der Waals surface area contributed by atoms with Crippen molar-refractivity contribution >= 4 is 50.0 Å². The van der Waals surface area contributed by atoms with Crippen LogP contribution in [0.15, 0.2) is 28.7 Å². The predicted molar refractivity (Wildman–Crippen MR) is 99.1 cm³/mol. The molecule has 1 heterocycles. The van der Waals surface area contributed by atoms with Gasteiger partial charge in [0.15, 0.2) is 10.9 Å². The molecule has 0 bridgehead atoms. The first-order valence-electron chi connectivity index (χ1n) is 7.89. The van der Waals surface area contributed by atoms with Gasteiger partial charge in [-0.2, -0.15) is 0 Å². The van der Waals surface area contributed by atoms with Gasteiger partial charge in [-0.1, -0.05) is 27.3 Å². The minimum atomic E-state index is -0.241. The Hall–Kier alpha value is -2.06. The normalized spacial score (nSPS) is 13.2. The first-order chi connectivity index (χ1) is 12.0. The van der Waals surface area contributed by atoms with Crippen molar-refractivity contribution in [2.75, 3.05) is 11.9 Å². The van der Waals surface area contributed by atoms with Gasteiger partial charge in [-0.3, -0.25) is 14.4 Å². The zero-order valence-corrected chi connectivity index (χ0v) is 15.7. The number of amides is 2. The summed E-state index contributed by atoms with van der Waals surface area (Å²) in [6, 6.07) is 6.98. The molecule has 6 nitrogen and oxygen atoms in total. The van der Waals surface area contributed by atoms with Crippen LogP contribution < -0.4 is 10.6 Å². The molecule has 1 aromatic heterocycles. The lowest BCUT2D eigenvalue weighted by Crippen LogP contribution is -2.27. The number of fused-ring (bicyclic) bond motifs is 1. The smallest absolute Gasteiger partial charge is 0.251 e. The van der Waals surface area contributed by atoms with Crippen LogP contribution in [0.4, 0.5) is 5.13 Å². The zero-order valence-electron chi connectivity index (χ0n) is 13.3. The average molecular weight is 422 g/mol. The Morgan fingerprint density at radius 2 is 1.96 bits per heavy atom. The van der Waals surface area contributed by atoms with Crippen LogP contribution in [0.2, 0.25) is 0 Å². The van der Waals surface area contributed by atoms with Crippen LogP contribution >= 0.6 is 27.3 Å². The van der Waals surface area contributed by atoms with E-state index >= 15 is 0 Å². The van der Waals surface area contributed by atoms with Crippen molar-refractivity contribution in [3.63, 3.8) is 0 Å². The minimum Gasteiger partial charge on any atom is -0.352 e. The molecule has 25 heavy (non-hydrogen) atoms. The maximum atomic E-state index is 12.0. The monoisotopic (exact) mass is 421 g/mol. The third-order valence-electron chi connectivity index (χ3n) is 3.76. The number of nitrogens with one attached hydrogen (secondary N) is 2. The van der Waals surface area contributed by atoms with Crippen molar-refractivity contribution < 1.29 is 14.4 Å². The van der Waals surface area contributed by atoms with E-state index in [4.69, 9.17) is 0 Å². The van der Waals surface area contributed by atoms with Gasteiger partial charge in [-0.25, -0.2) is 4.98 Å². The third kappa shape index (κ3) is 4.52. The van der Waals surface area contributed by atoms with Crippen LogP contribution in [0, 0.1) is 0 Å². The van der Waals surface area contributed by atoms with E-state index in [2.05, 4.69) is 31.5 Å². The molecular formula is C17H16BrN3O3S. The first kappa shape index (κ1) is 17.8. The Balaban J connectivity index is 1.47. The summed E-state index contributed by atoms with van der Waals surface area (Å²) in [6.07, 6.45) is 2.27. The molecule has 1 aliphatic carbocycles. The number of hydrogen-bond acceptors (Lipinski definition) is 5. The number of anilines is 1. The number of rotatable bonds is 5.